The molecular weight excluding hydrogens is 234 g/mol. The summed E-state index contributed by atoms with van der Waals surface area (Å²) < 4.78 is 5.12. The van der Waals surface area contributed by atoms with Gasteiger partial charge in [-0.2, -0.15) is 0 Å². The standard InChI is InChI=1S/C13H13NO4/c1-13(2,6-11(15)16)12(17)8-3-4-9-10(5-8)18-7-14-9/h3-5,7H,6H2,1-2H3,(H,15,16). The van der Waals surface area contributed by atoms with Crippen LogP contribution < -0.4 is 0 Å². The highest BCUT2D eigenvalue weighted by atomic mass is 16.4. The van der Waals surface area contributed by atoms with E-state index >= 15 is 0 Å². The monoisotopic (exact) mass is 247 g/mol. The number of carboxylic acid groups (broad SMARTS) is 1. The fraction of sp³-hybridized carbons (Fsp3) is 0.308. The van der Waals surface area contributed by atoms with Gasteiger partial charge < -0.3 is 9.52 Å². The predicted molar refractivity (Wildman–Crippen MR) is 64.4 cm³/mol. The Labute approximate surface area is 103 Å². The average Bonchev–Trinajstić information content (AvgIpc) is 2.72. The molecule has 2 rings (SSSR count). The fourth-order valence-corrected chi connectivity index (χ4v) is 1.85. The molecule has 0 bridgehead atoms. The number of Topliss-reactive ketones (excluding diaryl/α,β-unsaturated/α-hetero) is 1. The van der Waals surface area contributed by atoms with Crippen molar-refractivity contribution in [2.24, 2.45) is 5.41 Å². The van der Waals surface area contributed by atoms with Crippen LogP contribution in [0.5, 0.6) is 0 Å². The molecule has 0 atom stereocenters. The zero-order valence-electron chi connectivity index (χ0n) is 10.1. The van der Waals surface area contributed by atoms with Gasteiger partial charge in [-0.1, -0.05) is 13.8 Å². The van der Waals surface area contributed by atoms with Gasteiger partial charge in [0.1, 0.15) is 5.52 Å². The Morgan fingerprint density at radius 2 is 2.11 bits per heavy atom. The molecule has 5 nitrogen and oxygen atoms in total. The Hall–Kier alpha value is -2.17. The number of benzene rings is 1. The number of carbonyl (C=O) groups is 2. The number of aromatic nitrogens is 1. The van der Waals surface area contributed by atoms with Crippen LogP contribution >= 0.6 is 0 Å². The van der Waals surface area contributed by atoms with Crippen LogP contribution in [0.25, 0.3) is 11.1 Å². The van der Waals surface area contributed by atoms with Gasteiger partial charge in [0.05, 0.1) is 6.42 Å². The van der Waals surface area contributed by atoms with Crippen molar-refractivity contribution in [1.82, 2.24) is 4.98 Å². The first kappa shape index (κ1) is 12.3. The first-order chi connectivity index (χ1) is 8.40. The molecule has 0 spiro atoms. The van der Waals surface area contributed by atoms with Crippen LogP contribution in [0.3, 0.4) is 0 Å². The fourth-order valence-electron chi connectivity index (χ4n) is 1.85. The maximum absolute atomic E-state index is 12.2. The highest BCUT2D eigenvalue weighted by Gasteiger charge is 2.31. The molecule has 0 aliphatic rings. The van der Waals surface area contributed by atoms with Gasteiger partial charge in [-0.05, 0) is 18.2 Å². The van der Waals surface area contributed by atoms with Gasteiger partial charge in [-0.3, -0.25) is 9.59 Å². The summed E-state index contributed by atoms with van der Waals surface area (Å²) >= 11 is 0. The number of hydrogen-bond donors (Lipinski definition) is 1. The smallest absolute Gasteiger partial charge is 0.304 e. The lowest BCUT2D eigenvalue weighted by atomic mass is 9.81. The van der Waals surface area contributed by atoms with Gasteiger partial charge in [-0.25, -0.2) is 4.98 Å². The van der Waals surface area contributed by atoms with E-state index in [-0.39, 0.29) is 12.2 Å². The first-order valence-electron chi connectivity index (χ1n) is 5.50. The van der Waals surface area contributed by atoms with Gasteiger partial charge in [-0.15, -0.1) is 0 Å². The van der Waals surface area contributed by atoms with Gasteiger partial charge in [0, 0.05) is 11.0 Å². The maximum atomic E-state index is 12.2. The second kappa shape index (κ2) is 4.25. The van der Waals surface area contributed by atoms with Crippen molar-refractivity contribution in [3.63, 3.8) is 0 Å². The minimum Gasteiger partial charge on any atom is -0.481 e. The van der Waals surface area contributed by atoms with Crippen molar-refractivity contribution in [3.05, 3.63) is 30.2 Å². The lowest BCUT2D eigenvalue weighted by Gasteiger charge is -2.20. The molecule has 0 saturated heterocycles. The summed E-state index contributed by atoms with van der Waals surface area (Å²) in [6.45, 7) is 3.24. The summed E-state index contributed by atoms with van der Waals surface area (Å²) in [7, 11) is 0. The molecule has 0 unspecified atom stereocenters. The molecule has 0 amide bonds. The van der Waals surface area contributed by atoms with E-state index in [1.54, 1.807) is 32.0 Å². The molecule has 1 N–H and O–H groups in total. The van der Waals surface area contributed by atoms with Crippen LogP contribution in [-0.2, 0) is 4.79 Å². The van der Waals surface area contributed by atoms with Crippen molar-refractivity contribution in [3.8, 4) is 0 Å². The van der Waals surface area contributed by atoms with Crippen LogP contribution in [0.15, 0.2) is 29.0 Å². The predicted octanol–water partition coefficient (Wildman–Crippen LogP) is 2.51. The molecule has 5 heteroatoms. The summed E-state index contributed by atoms with van der Waals surface area (Å²) in [6.07, 6.45) is 1.10. The molecule has 0 aliphatic heterocycles. The molecule has 0 fully saturated rings. The highest BCUT2D eigenvalue weighted by molar-refractivity contribution is 6.03. The molecule has 94 valence electrons. The number of hydrogen-bond acceptors (Lipinski definition) is 4. The number of ketones is 1. The van der Waals surface area contributed by atoms with Gasteiger partial charge >= 0.3 is 5.97 Å². The third-order valence-electron chi connectivity index (χ3n) is 2.80. The lowest BCUT2D eigenvalue weighted by molar-refractivity contribution is -0.138. The molecule has 18 heavy (non-hydrogen) atoms. The van der Waals surface area contributed by atoms with Crippen LogP contribution in [0.2, 0.25) is 0 Å². The van der Waals surface area contributed by atoms with Crippen LogP contribution in [0.1, 0.15) is 30.6 Å². The second-order valence-corrected chi connectivity index (χ2v) is 4.82. The summed E-state index contributed by atoms with van der Waals surface area (Å²) in [5.41, 5.74) is 0.680. The molecule has 0 radical (unpaired) electrons. The second-order valence-electron chi connectivity index (χ2n) is 4.82. The van der Waals surface area contributed by atoms with E-state index in [0.717, 1.165) is 0 Å². The third kappa shape index (κ3) is 2.25. The van der Waals surface area contributed by atoms with E-state index in [1.165, 1.54) is 6.39 Å². The van der Waals surface area contributed by atoms with E-state index in [2.05, 4.69) is 4.98 Å². The largest absolute Gasteiger partial charge is 0.481 e. The maximum Gasteiger partial charge on any atom is 0.304 e. The SMILES string of the molecule is CC(C)(CC(=O)O)C(=O)c1ccc2ncoc2c1. The number of fused-ring (bicyclic) bond motifs is 1. The molecule has 2 aromatic rings. The lowest BCUT2D eigenvalue weighted by Crippen LogP contribution is -2.27. The average molecular weight is 247 g/mol. The Balaban J connectivity index is 2.35. The molecule has 0 saturated carbocycles. The number of rotatable bonds is 4. The van der Waals surface area contributed by atoms with Gasteiger partial charge in [0.2, 0.25) is 0 Å². The Bertz CT molecular complexity index is 612. The number of oxazole rings is 1. The highest BCUT2D eigenvalue weighted by Crippen LogP contribution is 2.27. The van der Waals surface area contributed by atoms with E-state index in [4.69, 9.17) is 9.52 Å². The normalized spacial score (nSPS) is 11.7. The minimum absolute atomic E-state index is 0.208. The third-order valence-corrected chi connectivity index (χ3v) is 2.80. The molecule has 0 aliphatic carbocycles. The van der Waals surface area contributed by atoms with Gasteiger partial charge in [0.15, 0.2) is 17.8 Å². The Morgan fingerprint density at radius 1 is 1.39 bits per heavy atom. The number of nitrogens with zero attached hydrogens (tertiary/aromatic N) is 1. The van der Waals surface area contributed by atoms with Crippen molar-refractivity contribution in [1.29, 1.82) is 0 Å². The quantitative estimate of drug-likeness (QED) is 0.839. The Kier molecular flexibility index (Phi) is 2.90. The summed E-state index contributed by atoms with van der Waals surface area (Å²) in [5.74, 6) is -1.21. The molecular formula is C13H13NO4. The summed E-state index contributed by atoms with van der Waals surface area (Å²) in [4.78, 5) is 26.9. The summed E-state index contributed by atoms with van der Waals surface area (Å²) in [6, 6.07) is 4.91. The first-order valence-corrected chi connectivity index (χ1v) is 5.50. The zero-order valence-corrected chi connectivity index (χ0v) is 10.1. The van der Waals surface area contributed by atoms with Crippen LogP contribution in [-0.4, -0.2) is 21.8 Å². The Morgan fingerprint density at radius 3 is 2.78 bits per heavy atom. The van der Waals surface area contributed by atoms with E-state index in [9.17, 15) is 9.59 Å². The van der Waals surface area contributed by atoms with Crippen LogP contribution in [0, 0.1) is 5.41 Å². The van der Waals surface area contributed by atoms with Crippen molar-refractivity contribution in [2.75, 3.05) is 0 Å². The molecule has 1 aromatic heterocycles. The van der Waals surface area contributed by atoms with E-state index < -0.39 is 11.4 Å². The van der Waals surface area contributed by atoms with E-state index in [1.807, 2.05) is 0 Å². The molecule has 1 aromatic carbocycles. The minimum atomic E-state index is -0.992. The topological polar surface area (TPSA) is 80.4 Å². The zero-order chi connectivity index (χ0) is 13.3. The number of carbonyl (C=O) groups excluding carboxylic acids is 1. The number of carboxylic acids is 1. The summed E-state index contributed by atoms with van der Waals surface area (Å²) in [5, 5.41) is 8.80. The van der Waals surface area contributed by atoms with Crippen molar-refractivity contribution < 1.29 is 19.1 Å². The van der Waals surface area contributed by atoms with Crippen LogP contribution in [0.4, 0.5) is 0 Å². The van der Waals surface area contributed by atoms with Crippen molar-refractivity contribution >= 4 is 22.9 Å². The van der Waals surface area contributed by atoms with Crippen molar-refractivity contribution in [2.45, 2.75) is 20.3 Å². The van der Waals surface area contributed by atoms with E-state index in [0.29, 0.717) is 16.7 Å². The number of aliphatic carboxylic acids is 1. The molecule has 1 heterocycles. The van der Waals surface area contributed by atoms with Gasteiger partial charge in [0.25, 0.3) is 0 Å².